The first-order valence-corrected chi connectivity index (χ1v) is 9.49. The number of carbonyl (C=O) groups is 1. The molecule has 0 atom stereocenters. The van der Waals surface area contributed by atoms with E-state index < -0.39 is 5.97 Å². The molecule has 0 radical (unpaired) electrons. The van der Waals surface area contributed by atoms with Gasteiger partial charge in [0.1, 0.15) is 9.88 Å². The van der Waals surface area contributed by atoms with Gasteiger partial charge in [-0.15, -0.1) is 11.3 Å². The van der Waals surface area contributed by atoms with E-state index in [4.69, 9.17) is 9.47 Å². The number of rotatable bonds is 10. The molecule has 1 N–H and O–H groups in total. The van der Waals surface area contributed by atoms with Crippen LogP contribution in [0.3, 0.4) is 0 Å². The lowest BCUT2D eigenvalue weighted by molar-refractivity contribution is 0.0701. The Labute approximate surface area is 152 Å². The summed E-state index contributed by atoms with van der Waals surface area (Å²) in [5.41, 5.74) is 1.36. The van der Waals surface area contributed by atoms with Gasteiger partial charge in [0.25, 0.3) is 0 Å². The normalized spacial score (nSPS) is 10.7. The van der Waals surface area contributed by atoms with Crippen LogP contribution in [-0.2, 0) is 0 Å². The van der Waals surface area contributed by atoms with Gasteiger partial charge in [0.2, 0.25) is 0 Å². The molecule has 2 aromatic rings. The maximum Gasteiger partial charge on any atom is 0.347 e. The standard InChI is InChI=1S/C19H25NO4S/c1-4-6-7-8-11-24-15-10-9-14(12-16(15)23-5-2)18-20-13(3)17(25-18)19(21)22/h9-10,12H,4-8,11H2,1-3H3,(H,21,22). The first-order chi connectivity index (χ1) is 12.1. The Kier molecular flexibility index (Phi) is 7.25. The van der Waals surface area contributed by atoms with Crippen LogP contribution in [0.15, 0.2) is 18.2 Å². The predicted octanol–water partition coefficient (Wildman–Crippen LogP) is 5.17. The number of aromatic carboxylic acids is 1. The maximum absolute atomic E-state index is 11.2. The molecule has 0 aliphatic carbocycles. The number of hydrogen-bond donors (Lipinski definition) is 1. The van der Waals surface area contributed by atoms with Crippen LogP contribution >= 0.6 is 11.3 Å². The summed E-state index contributed by atoms with van der Waals surface area (Å²) < 4.78 is 11.6. The molecule has 0 spiro atoms. The molecule has 25 heavy (non-hydrogen) atoms. The van der Waals surface area contributed by atoms with Gasteiger partial charge < -0.3 is 14.6 Å². The molecule has 2 rings (SSSR count). The molecule has 0 unspecified atom stereocenters. The molecular weight excluding hydrogens is 338 g/mol. The van der Waals surface area contributed by atoms with Crippen molar-refractivity contribution in [2.24, 2.45) is 0 Å². The molecule has 0 fully saturated rings. The van der Waals surface area contributed by atoms with E-state index in [9.17, 15) is 9.90 Å². The molecule has 0 saturated heterocycles. The average Bonchev–Trinajstić information content (AvgIpc) is 2.98. The Hall–Kier alpha value is -2.08. The van der Waals surface area contributed by atoms with Crippen LogP contribution in [0.5, 0.6) is 11.5 Å². The second-order valence-corrected chi connectivity index (χ2v) is 6.74. The summed E-state index contributed by atoms with van der Waals surface area (Å²) in [7, 11) is 0. The highest BCUT2D eigenvalue weighted by atomic mass is 32.1. The van der Waals surface area contributed by atoms with Gasteiger partial charge in [0.05, 0.1) is 18.9 Å². The largest absolute Gasteiger partial charge is 0.490 e. The van der Waals surface area contributed by atoms with Crippen LogP contribution in [0.2, 0.25) is 0 Å². The summed E-state index contributed by atoms with van der Waals surface area (Å²) in [6.45, 7) is 7.02. The number of nitrogens with zero attached hydrogens (tertiary/aromatic N) is 1. The summed E-state index contributed by atoms with van der Waals surface area (Å²) in [5.74, 6) is 0.437. The molecular formula is C19H25NO4S. The zero-order chi connectivity index (χ0) is 18.2. The van der Waals surface area contributed by atoms with Gasteiger partial charge in [-0.3, -0.25) is 0 Å². The number of hydrogen-bond acceptors (Lipinski definition) is 5. The van der Waals surface area contributed by atoms with Crippen LogP contribution in [-0.4, -0.2) is 29.3 Å². The molecule has 136 valence electrons. The molecule has 0 saturated carbocycles. The van der Waals surface area contributed by atoms with Crippen molar-refractivity contribution < 1.29 is 19.4 Å². The minimum Gasteiger partial charge on any atom is -0.490 e. The monoisotopic (exact) mass is 363 g/mol. The van der Waals surface area contributed by atoms with Crippen LogP contribution in [0.1, 0.15) is 54.9 Å². The zero-order valence-electron chi connectivity index (χ0n) is 15.0. The van der Waals surface area contributed by atoms with Crippen LogP contribution in [0.4, 0.5) is 0 Å². The summed E-state index contributed by atoms with van der Waals surface area (Å²) in [4.78, 5) is 15.8. The number of carboxylic acid groups (broad SMARTS) is 1. The van der Waals surface area contributed by atoms with E-state index in [1.807, 2.05) is 25.1 Å². The van der Waals surface area contributed by atoms with Gasteiger partial charge in [-0.25, -0.2) is 9.78 Å². The highest BCUT2D eigenvalue weighted by molar-refractivity contribution is 7.17. The minimum absolute atomic E-state index is 0.268. The fourth-order valence-corrected chi connectivity index (χ4v) is 3.36. The number of ether oxygens (including phenoxy) is 2. The Morgan fingerprint density at radius 3 is 2.60 bits per heavy atom. The first-order valence-electron chi connectivity index (χ1n) is 8.67. The zero-order valence-corrected chi connectivity index (χ0v) is 15.8. The highest BCUT2D eigenvalue weighted by Crippen LogP contribution is 2.35. The van der Waals surface area contributed by atoms with Gasteiger partial charge in [-0.1, -0.05) is 26.2 Å². The lowest BCUT2D eigenvalue weighted by Crippen LogP contribution is -2.01. The smallest absolute Gasteiger partial charge is 0.347 e. The van der Waals surface area contributed by atoms with Crippen molar-refractivity contribution in [3.8, 4) is 22.1 Å². The number of aromatic nitrogens is 1. The van der Waals surface area contributed by atoms with Gasteiger partial charge in [-0.05, 0) is 38.5 Å². The van der Waals surface area contributed by atoms with E-state index in [2.05, 4.69) is 11.9 Å². The van der Waals surface area contributed by atoms with Crippen molar-refractivity contribution in [2.75, 3.05) is 13.2 Å². The third-order valence-electron chi connectivity index (χ3n) is 3.74. The minimum atomic E-state index is -0.946. The summed E-state index contributed by atoms with van der Waals surface area (Å²) in [6.07, 6.45) is 4.60. The Bertz CT molecular complexity index is 711. The molecule has 1 aromatic carbocycles. The van der Waals surface area contributed by atoms with E-state index in [0.29, 0.717) is 35.4 Å². The van der Waals surface area contributed by atoms with Crippen molar-refractivity contribution in [1.82, 2.24) is 4.98 Å². The van der Waals surface area contributed by atoms with E-state index in [0.717, 1.165) is 18.4 Å². The molecule has 0 bridgehead atoms. The lowest BCUT2D eigenvalue weighted by atomic mass is 10.2. The molecule has 5 nitrogen and oxygen atoms in total. The van der Waals surface area contributed by atoms with E-state index in [-0.39, 0.29) is 4.88 Å². The molecule has 0 aliphatic rings. The van der Waals surface area contributed by atoms with Gasteiger partial charge in [-0.2, -0.15) is 0 Å². The average molecular weight is 363 g/mol. The van der Waals surface area contributed by atoms with Gasteiger partial charge >= 0.3 is 5.97 Å². The maximum atomic E-state index is 11.2. The van der Waals surface area contributed by atoms with E-state index in [1.54, 1.807) is 6.92 Å². The molecule has 0 aliphatic heterocycles. The lowest BCUT2D eigenvalue weighted by Gasteiger charge is -2.13. The Balaban J connectivity index is 2.17. The fraction of sp³-hybridized carbons (Fsp3) is 0.474. The second kappa shape index (κ2) is 9.42. The molecule has 0 amide bonds. The van der Waals surface area contributed by atoms with Crippen LogP contribution in [0, 0.1) is 6.92 Å². The summed E-state index contributed by atoms with van der Waals surface area (Å²) >= 11 is 1.17. The molecule has 1 heterocycles. The summed E-state index contributed by atoms with van der Waals surface area (Å²) in [6, 6.07) is 5.64. The Morgan fingerprint density at radius 1 is 1.16 bits per heavy atom. The van der Waals surface area contributed by atoms with Crippen LogP contribution in [0.25, 0.3) is 10.6 Å². The quantitative estimate of drug-likeness (QED) is 0.589. The molecule has 6 heteroatoms. The predicted molar refractivity (Wildman–Crippen MR) is 100 cm³/mol. The topological polar surface area (TPSA) is 68.7 Å². The van der Waals surface area contributed by atoms with E-state index in [1.165, 1.54) is 24.2 Å². The number of aryl methyl sites for hydroxylation is 1. The van der Waals surface area contributed by atoms with Gasteiger partial charge in [0.15, 0.2) is 11.5 Å². The van der Waals surface area contributed by atoms with Crippen molar-refractivity contribution in [3.05, 3.63) is 28.8 Å². The number of thiazole rings is 1. The van der Waals surface area contributed by atoms with Crippen molar-refractivity contribution in [2.45, 2.75) is 46.5 Å². The van der Waals surface area contributed by atoms with Crippen molar-refractivity contribution in [1.29, 1.82) is 0 Å². The van der Waals surface area contributed by atoms with Crippen LogP contribution < -0.4 is 9.47 Å². The third-order valence-corrected chi connectivity index (χ3v) is 4.93. The SMILES string of the molecule is CCCCCCOc1ccc(-c2nc(C)c(C(=O)O)s2)cc1OCC. The van der Waals surface area contributed by atoms with Crippen molar-refractivity contribution >= 4 is 17.3 Å². The summed E-state index contributed by atoms with van der Waals surface area (Å²) in [5, 5.41) is 9.86. The van der Waals surface area contributed by atoms with E-state index >= 15 is 0 Å². The first kappa shape index (κ1) is 19.2. The molecule has 1 aromatic heterocycles. The highest BCUT2D eigenvalue weighted by Gasteiger charge is 2.16. The second-order valence-electron chi connectivity index (χ2n) is 5.74. The third kappa shape index (κ3) is 5.19. The fourth-order valence-electron chi connectivity index (χ4n) is 2.46. The number of unbranched alkanes of at least 4 members (excludes halogenated alkanes) is 3. The Morgan fingerprint density at radius 2 is 1.96 bits per heavy atom. The van der Waals surface area contributed by atoms with Crippen molar-refractivity contribution in [3.63, 3.8) is 0 Å². The number of benzene rings is 1. The number of carboxylic acids is 1. The van der Waals surface area contributed by atoms with Gasteiger partial charge in [0, 0.05) is 5.56 Å².